The van der Waals surface area contributed by atoms with Crippen LogP contribution < -0.4 is 10.6 Å². The first-order chi connectivity index (χ1) is 9.80. The van der Waals surface area contributed by atoms with Gasteiger partial charge in [-0.05, 0) is 52.2 Å². The molecule has 1 aliphatic carbocycles. The van der Waals surface area contributed by atoms with Gasteiger partial charge in [0.05, 0.1) is 0 Å². The van der Waals surface area contributed by atoms with E-state index in [9.17, 15) is 0 Å². The predicted molar refractivity (Wildman–Crippen MR) is 88.4 cm³/mol. The van der Waals surface area contributed by atoms with Crippen molar-refractivity contribution in [3.05, 3.63) is 0 Å². The normalized spacial score (nSPS) is 16.9. The van der Waals surface area contributed by atoms with E-state index in [0.717, 1.165) is 32.1 Å². The standard InChI is InChI=1S/C16H34N4/c1-4-17-16(19-15-11-7-8-12-15)18-13-9-10-14-20(5-2)6-3/h15H,4-14H2,1-3H3,(H2,17,18,19). The van der Waals surface area contributed by atoms with Gasteiger partial charge in [0, 0.05) is 19.1 Å². The lowest BCUT2D eigenvalue weighted by Crippen LogP contribution is -2.42. The van der Waals surface area contributed by atoms with E-state index in [1.807, 2.05) is 0 Å². The molecule has 118 valence electrons. The van der Waals surface area contributed by atoms with Gasteiger partial charge in [-0.25, -0.2) is 0 Å². The Hall–Kier alpha value is -0.770. The number of hydrogen-bond acceptors (Lipinski definition) is 2. The minimum absolute atomic E-state index is 0.642. The predicted octanol–water partition coefficient (Wildman–Crippen LogP) is 2.61. The van der Waals surface area contributed by atoms with Crippen LogP contribution >= 0.6 is 0 Å². The fourth-order valence-electron chi connectivity index (χ4n) is 2.76. The molecule has 0 heterocycles. The Morgan fingerprint density at radius 3 is 2.40 bits per heavy atom. The van der Waals surface area contributed by atoms with Crippen molar-refractivity contribution in [1.29, 1.82) is 0 Å². The van der Waals surface area contributed by atoms with E-state index < -0.39 is 0 Å². The van der Waals surface area contributed by atoms with Crippen LogP contribution in [0.15, 0.2) is 4.99 Å². The zero-order valence-corrected chi connectivity index (χ0v) is 13.7. The maximum absolute atomic E-state index is 4.70. The van der Waals surface area contributed by atoms with Gasteiger partial charge in [0.1, 0.15) is 0 Å². The summed E-state index contributed by atoms with van der Waals surface area (Å²) in [6, 6.07) is 0.642. The van der Waals surface area contributed by atoms with Gasteiger partial charge in [-0.1, -0.05) is 26.7 Å². The Morgan fingerprint density at radius 1 is 1.10 bits per heavy atom. The molecule has 20 heavy (non-hydrogen) atoms. The molecule has 0 unspecified atom stereocenters. The molecule has 0 aliphatic heterocycles. The van der Waals surface area contributed by atoms with Crippen molar-refractivity contribution >= 4 is 5.96 Å². The smallest absolute Gasteiger partial charge is 0.191 e. The first kappa shape index (κ1) is 17.3. The average Bonchev–Trinajstić information content (AvgIpc) is 2.96. The molecule has 0 radical (unpaired) electrons. The van der Waals surface area contributed by atoms with E-state index in [1.54, 1.807) is 0 Å². The van der Waals surface area contributed by atoms with Crippen molar-refractivity contribution in [2.75, 3.05) is 32.7 Å². The van der Waals surface area contributed by atoms with Crippen LogP contribution in [0.1, 0.15) is 59.3 Å². The van der Waals surface area contributed by atoms with Crippen LogP contribution in [0, 0.1) is 0 Å². The molecule has 0 bridgehead atoms. The molecule has 0 amide bonds. The summed E-state index contributed by atoms with van der Waals surface area (Å²) in [6.07, 6.45) is 7.74. The van der Waals surface area contributed by atoms with Crippen molar-refractivity contribution in [3.63, 3.8) is 0 Å². The fraction of sp³-hybridized carbons (Fsp3) is 0.938. The molecule has 2 N–H and O–H groups in total. The number of guanidine groups is 1. The zero-order valence-electron chi connectivity index (χ0n) is 13.7. The van der Waals surface area contributed by atoms with E-state index in [2.05, 4.69) is 36.3 Å². The van der Waals surface area contributed by atoms with Crippen LogP contribution in [-0.4, -0.2) is 49.6 Å². The molecule has 0 spiro atoms. The molecule has 0 aromatic carbocycles. The van der Waals surface area contributed by atoms with Gasteiger partial charge in [0.2, 0.25) is 0 Å². The van der Waals surface area contributed by atoms with Gasteiger partial charge in [-0.3, -0.25) is 4.99 Å². The van der Waals surface area contributed by atoms with Crippen molar-refractivity contribution < 1.29 is 0 Å². The van der Waals surface area contributed by atoms with E-state index >= 15 is 0 Å². The van der Waals surface area contributed by atoms with Gasteiger partial charge < -0.3 is 15.5 Å². The summed E-state index contributed by atoms with van der Waals surface area (Å²) in [5, 5.41) is 6.93. The summed E-state index contributed by atoms with van der Waals surface area (Å²) in [4.78, 5) is 7.18. The third-order valence-corrected chi connectivity index (χ3v) is 4.09. The quantitative estimate of drug-likeness (QED) is 0.388. The highest BCUT2D eigenvalue weighted by atomic mass is 15.2. The van der Waals surface area contributed by atoms with Gasteiger partial charge in [0.25, 0.3) is 0 Å². The van der Waals surface area contributed by atoms with Gasteiger partial charge in [-0.15, -0.1) is 0 Å². The number of nitrogens with zero attached hydrogens (tertiary/aromatic N) is 2. The second-order valence-electron chi connectivity index (χ2n) is 5.62. The van der Waals surface area contributed by atoms with Gasteiger partial charge in [0.15, 0.2) is 5.96 Å². The second kappa shape index (κ2) is 11.0. The molecule has 0 aromatic heterocycles. The molecule has 0 aromatic rings. The molecule has 0 saturated heterocycles. The monoisotopic (exact) mass is 282 g/mol. The molecule has 1 saturated carbocycles. The number of unbranched alkanes of at least 4 members (excludes halogenated alkanes) is 1. The van der Waals surface area contributed by atoms with Crippen LogP contribution in [0.4, 0.5) is 0 Å². The molecule has 4 nitrogen and oxygen atoms in total. The Bertz CT molecular complexity index is 255. The first-order valence-electron chi connectivity index (χ1n) is 8.57. The van der Waals surface area contributed by atoms with Crippen molar-refractivity contribution in [2.24, 2.45) is 4.99 Å². The highest BCUT2D eigenvalue weighted by molar-refractivity contribution is 5.80. The zero-order chi connectivity index (χ0) is 14.6. The van der Waals surface area contributed by atoms with Crippen molar-refractivity contribution in [2.45, 2.75) is 65.3 Å². The number of rotatable bonds is 9. The minimum atomic E-state index is 0.642. The SMILES string of the molecule is CCNC(=NCCCCN(CC)CC)NC1CCCC1. The Labute approximate surface area is 125 Å². The maximum atomic E-state index is 4.70. The third kappa shape index (κ3) is 7.13. The Morgan fingerprint density at radius 2 is 1.80 bits per heavy atom. The minimum Gasteiger partial charge on any atom is -0.357 e. The van der Waals surface area contributed by atoms with Gasteiger partial charge >= 0.3 is 0 Å². The summed E-state index contributed by atoms with van der Waals surface area (Å²) < 4.78 is 0. The molecule has 1 fully saturated rings. The summed E-state index contributed by atoms with van der Waals surface area (Å²) in [5.41, 5.74) is 0. The lowest BCUT2D eigenvalue weighted by Gasteiger charge is -2.18. The molecule has 1 rings (SSSR count). The van der Waals surface area contributed by atoms with E-state index in [1.165, 1.54) is 45.1 Å². The van der Waals surface area contributed by atoms with Gasteiger partial charge in [-0.2, -0.15) is 0 Å². The summed E-state index contributed by atoms with van der Waals surface area (Å²) in [7, 11) is 0. The molecule has 1 aliphatic rings. The Balaban J connectivity index is 2.20. The lowest BCUT2D eigenvalue weighted by molar-refractivity contribution is 0.297. The molecular weight excluding hydrogens is 248 g/mol. The van der Waals surface area contributed by atoms with Crippen LogP contribution in [-0.2, 0) is 0 Å². The third-order valence-electron chi connectivity index (χ3n) is 4.09. The van der Waals surface area contributed by atoms with Crippen molar-refractivity contribution in [1.82, 2.24) is 15.5 Å². The molecular formula is C16H34N4. The number of hydrogen-bond donors (Lipinski definition) is 2. The highest BCUT2D eigenvalue weighted by Crippen LogP contribution is 2.17. The topological polar surface area (TPSA) is 39.7 Å². The number of nitrogens with one attached hydrogen (secondary N) is 2. The van der Waals surface area contributed by atoms with E-state index in [0.29, 0.717) is 6.04 Å². The van der Waals surface area contributed by atoms with Crippen molar-refractivity contribution in [3.8, 4) is 0 Å². The fourth-order valence-corrected chi connectivity index (χ4v) is 2.76. The first-order valence-corrected chi connectivity index (χ1v) is 8.57. The maximum Gasteiger partial charge on any atom is 0.191 e. The van der Waals surface area contributed by atoms with E-state index in [-0.39, 0.29) is 0 Å². The van der Waals surface area contributed by atoms with E-state index in [4.69, 9.17) is 4.99 Å². The van der Waals surface area contributed by atoms with Crippen LogP contribution in [0.25, 0.3) is 0 Å². The summed E-state index contributed by atoms with van der Waals surface area (Å²) in [5.74, 6) is 1.02. The molecule has 0 atom stereocenters. The average molecular weight is 282 g/mol. The molecule has 4 heteroatoms. The largest absolute Gasteiger partial charge is 0.357 e. The highest BCUT2D eigenvalue weighted by Gasteiger charge is 2.15. The second-order valence-corrected chi connectivity index (χ2v) is 5.62. The lowest BCUT2D eigenvalue weighted by atomic mass is 10.2. The van der Waals surface area contributed by atoms with Crippen LogP contribution in [0.3, 0.4) is 0 Å². The number of aliphatic imine (C=N–C) groups is 1. The summed E-state index contributed by atoms with van der Waals surface area (Å²) >= 11 is 0. The van der Waals surface area contributed by atoms with Crippen LogP contribution in [0.5, 0.6) is 0 Å². The summed E-state index contributed by atoms with van der Waals surface area (Å²) in [6.45, 7) is 12.0. The Kier molecular flexibility index (Phi) is 9.46. The van der Waals surface area contributed by atoms with Crippen LogP contribution in [0.2, 0.25) is 0 Å².